The summed E-state index contributed by atoms with van der Waals surface area (Å²) < 4.78 is 0. The molecule has 0 unspecified atom stereocenters. The largest absolute Gasteiger partial charge is 0.372 e. The van der Waals surface area contributed by atoms with Gasteiger partial charge in [-0.2, -0.15) is 0 Å². The minimum absolute atomic E-state index is 0.179. The summed E-state index contributed by atoms with van der Waals surface area (Å²) in [5.41, 5.74) is 2.20. The van der Waals surface area contributed by atoms with Gasteiger partial charge in [0.15, 0.2) is 0 Å². The number of nitrogens with zero attached hydrogens (tertiary/aromatic N) is 1. The summed E-state index contributed by atoms with van der Waals surface area (Å²) in [6.07, 6.45) is 4.97. The van der Waals surface area contributed by atoms with Crippen LogP contribution in [0.3, 0.4) is 0 Å². The van der Waals surface area contributed by atoms with Crippen molar-refractivity contribution in [3.8, 4) is 0 Å². The summed E-state index contributed by atoms with van der Waals surface area (Å²) in [4.78, 5) is 14.3. The molecule has 1 aliphatic carbocycles. The summed E-state index contributed by atoms with van der Waals surface area (Å²) in [6, 6.07) is 8.29. The normalized spacial score (nSPS) is 26.1. The van der Waals surface area contributed by atoms with Gasteiger partial charge < -0.3 is 10.2 Å². The van der Waals surface area contributed by atoms with Crippen molar-refractivity contribution < 1.29 is 4.79 Å². The third-order valence-corrected chi connectivity index (χ3v) is 4.30. The fourth-order valence-electron chi connectivity index (χ4n) is 2.83. The first-order chi connectivity index (χ1) is 9.24. The van der Waals surface area contributed by atoms with Gasteiger partial charge in [-0.05, 0) is 55.9 Å². The van der Waals surface area contributed by atoms with Crippen LogP contribution < -0.4 is 10.2 Å². The van der Waals surface area contributed by atoms with E-state index in [0.717, 1.165) is 25.2 Å². The number of nitrogens with one attached hydrogen (secondary N) is 1. The lowest BCUT2D eigenvalue weighted by atomic mass is 10.1. The Kier molecular flexibility index (Phi) is 3.45. The molecule has 1 amide bonds. The molecule has 102 valence electrons. The number of carbonyl (C=O) groups is 1. The van der Waals surface area contributed by atoms with E-state index in [2.05, 4.69) is 29.3 Å². The monoisotopic (exact) mass is 258 g/mol. The van der Waals surface area contributed by atoms with Gasteiger partial charge in [-0.1, -0.05) is 6.92 Å². The van der Waals surface area contributed by atoms with Crippen LogP contribution >= 0.6 is 0 Å². The number of anilines is 2. The van der Waals surface area contributed by atoms with E-state index in [0.29, 0.717) is 5.92 Å². The van der Waals surface area contributed by atoms with Crippen molar-refractivity contribution >= 4 is 17.3 Å². The van der Waals surface area contributed by atoms with Gasteiger partial charge in [0.05, 0.1) is 0 Å². The fraction of sp³-hybridized carbons (Fsp3) is 0.562. The highest BCUT2D eigenvalue weighted by atomic mass is 16.2. The molecule has 0 radical (unpaired) electrons. The minimum Gasteiger partial charge on any atom is -0.372 e. The first-order valence-electron chi connectivity index (χ1n) is 7.40. The molecule has 3 rings (SSSR count). The van der Waals surface area contributed by atoms with Crippen LogP contribution in [0.2, 0.25) is 0 Å². The molecule has 1 aliphatic heterocycles. The maximum atomic E-state index is 11.9. The smallest absolute Gasteiger partial charge is 0.227 e. The third-order valence-electron chi connectivity index (χ3n) is 4.30. The summed E-state index contributed by atoms with van der Waals surface area (Å²) in [5.74, 6) is 0.979. The summed E-state index contributed by atoms with van der Waals surface area (Å²) >= 11 is 0. The lowest BCUT2D eigenvalue weighted by Gasteiger charge is -2.28. The standard InChI is InChI=1S/C16H22N2O/c1-12-11-15(12)16(19)17-13-5-7-14(8-6-13)18-9-3-2-4-10-18/h5-8,12,15H,2-4,9-11H2,1H3,(H,17,19)/t12-,15-/m0/s1. The fourth-order valence-corrected chi connectivity index (χ4v) is 2.83. The lowest BCUT2D eigenvalue weighted by Crippen LogP contribution is -2.29. The molecule has 1 saturated carbocycles. The molecule has 1 aromatic rings. The molecular weight excluding hydrogens is 236 g/mol. The average molecular weight is 258 g/mol. The first-order valence-corrected chi connectivity index (χ1v) is 7.40. The highest BCUT2D eigenvalue weighted by molar-refractivity contribution is 5.94. The molecule has 1 N–H and O–H groups in total. The molecule has 3 heteroatoms. The maximum Gasteiger partial charge on any atom is 0.227 e. The van der Waals surface area contributed by atoms with E-state index in [1.165, 1.54) is 24.9 Å². The Labute approximate surface area is 115 Å². The van der Waals surface area contributed by atoms with Gasteiger partial charge in [-0.3, -0.25) is 4.79 Å². The van der Waals surface area contributed by atoms with Crippen LogP contribution in [0.25, 0.3) is 0 Å². The highest BCUT2D eigenvalue weighted by Crippen LogP contribution is 2.38. The quantitative estimate of drug-likeness (QED) is 0.902. The van der Waals surface area contributed by atoms with E-state index in [1.807, 2.05) is 12.1 Å². The van der Waals surface area contributed by atoms with Gasteiger partial charge in [0.1, 0.15) is 0 Å². The Morgan fingerprint density at radius 2 is 1.79 bits per heavy atom. The number of hydrogen-bond acceptors (Lipinski definition) is 2. The van der Waals surface area contributed by atoms with Crippen molar-refractivity contribution in [2.24, 2.45) is 11.8 Å². The van der Waals surface area contributed by atoms with Crippen molar-refractivity contribution in [1.82, 2.24) is 0 Å². The lowest BCUT2D eigenvalue weighted by molar-refractivity contribution is -0.117. The summed E-state index contributed by atoms with van der Waals surface area (Å²) in [5, 5.41) is 3.01. The number of piperidine rings is 1. The van der Waals surface area contributed by atoms with Crippen LogP contribution in [-0.4, -0.2) is 19.0 Å². The summed E-state index contributed by atoms with van der Waals surface area (Å²) in [7, 11) is 0. The number of hydrogen-bond donors (Lipinski definition) is 1. The average Bonchev–Trinajstić information content (AvgIpc) is 3.18. The Morgan fingerprint density at radius 3 is 2.37 bits per heavy atom. The SMILES string of the molecule is C[C@H]1C[C@@H]1C(=O)Nc1ccc(N2CCCCC2)cc1. The third kappa shape index (κ3) is 2.91. The van der Waals surface area contributed by atoms with Gasteiger partial charge in [0.25, 0.3) is 0 Å². The van der Waals surface area contributed by atoms with E-state index in [1.54, 1.807) is 0 Å². The van der Waals surface area contributed by atoms with Crippen LogP contribution in [0.5, 0.6) is 0 Å². The van der Waals surface area contributed by atoms with Gasteiger partial charge in [-0.25, -0.2) is 0 Å². The number of rotatable bonds is 3. The molecule has 1 heterocycles. The van der Waals surface area contributed by atoms with Crippen molar-refractivity contribution in [3.05, 3.63) is 24.3 Å². The Bertz CT molecular complexity index is 448. The predicted octanol–water partition coefficient (Wildman–Crippen LogP) is 3.27. The van der Waals surface area contributed by atoms with Crippen LogP contribution in [0, 0.1) is 11.8 Å². The number of benzene rings is 1. The molecule has 19 heavy (non-hydrogen) atoms. The second kappa shape index (κ2) is 5.24. The second-order valence-electron chi connectivity index (χ2n) is 5.90. The minimum atomic E-state index is 0.179. The van der Waals surface area contributed by atoms with Gasteiger partial charge in [0, 0.05) is 30.4 Å². The van der Waals surface area contributed by atoms with Crippen molar-refractivity contribution in [3.63, 3.8) is 0 Å². The zero-order valence-electron chi connectivity index (χ0n) is 11.6. The van der Waals surface area contributed by atoms with E-state index < -0.39 is 0 Å². The van der Waals surface area contributed by atoms with E-state index >= 15 is 0 Å². The van der Waals surface area contributed by atoms with Crippen molar-refractivity contribution in [2.45, 2.75) is 32.6 Å². The molecule has 2 atom stereocenters. The molecule has 0 bridgehead atoms. The first kappa shape index (κ1) is 12.5. The van der Waals surface area contributed by atoms with E-state index in [-0.39, 0.29) is 11.8 Å². The van der Waals surface area contributed by atoms with Crippen molar-refractivity contribution in [1.29, 1.82) is 0 Å². The van der Waals surface area contributed by atoms with Gasteiger partial charge >= 0.3 is 0 Å². The molecule has 2 aliphatic rings. The van der Waals surface area contributed by atoms with E-state index in [4.69, 9.17) is 0 Å². The molecular formula is C16H22N2O. The van der Waals surface area contributed by atoms with Gasteiger partial charge in [-0.15, -0.1) is 0 Å². The maximum absolute atomic E-state index is 11.9. The highest BCUT2D eigenvalue weighted by Gasteiger charge is 2.38. The van der Waals surface area contributed by atoms with Gasteiger partial charge in [0.2, 0.25) is 5.91 Å². The van der Waals surface area contributed by atoms with E-state index in [9.17, 15) is 4.79 Å². The Balaban J connectivity index is 1.60. The predicted molar refractivity (Wildman–Crippen MR) is 78.4 cm³/mol. The van der Waals surface area contributed by atoms with Crippen molar-refractivity contribution in [2.75, 3.05) is 23.3 Å². The Morgan fingerprint density at radius 1 is 1.16 bits per heavy atom. The molecule has 2 fully saturated rings. The molecule has 3 nitrogen and oxygen atoms in total. The van der Waals surface area contributed by atoms with Crippen LogP contribution in [0.1, 0.15) is 32.6 Å². The summed E-state index contributed by atoms with van der Waals surface area (Å²) in [6.45, 7) is 4.44. The van der Waals surface area contributed by atoms with Crippen LogP contribution in [-0.2, 0) is 4.79 Å². The number of carbonyl (C=O) groups excluding carboxylic acids is 1. The second-order valence-corrected chi connectivity index (χ2v) is 5.90. The number of amides is 1. The molecule has 1 aromatic carbocycles. The zero-order chi connectivity index (χ0) is 13.2. The Hall–Kier alpha value is -1.51. The zero-order valence-corrected chi connectivity index (χ0v) is 11.6. The molecule has 0 aromatic heterocycles. The molecule has 0 spiro atoms. The molecule has 1 saturated heterocycles. The van der Waals surface area contributed by atoms with Crippen LogP contribution in [0.4, 0.5) is 11.4 Å². The topological polar surface area (TPSA) is 32.3 Å². The van der Waals surface area contributed by atoms with Crippen LogP contribution in [0.15, 0.2) is 24.3 Å².